The molecule has 1 aliphatic heterocycles. The third-order valence-corrected chi connectivity index (χ3v) is 4.42. The number of nitrogens with one attached hydrogen (secondary N) is 1. The van der Waals surface area contributed by atoms with Gasteiger partial charge in [0.25, 0.3) is 5.91 Å². The van der Waals surface area contributed by atoms with Crippen LogP contribution in [0.4, 0.5) is 4.39 Å². The van der Waals surface area contributed by atoms with Crippen molar-refractivity contribution in [1.82, 2.24) is 10.2 Å². The van der Waals surface area contributed by atoms with Crippen molar-refractivity contribution >= 4 is 17.8 Å². The molecule has 0 spiro atoms. The first kappa shape index (κ1) is 19.3. The zero-order valence-electron chi connectivity index (χ0n) is 14.9. The second-order valence-electron chi connectivity index (χ2n) is 6.35. The first-order valence-electron chi connectivity index (χ1n) is 8.78. The smallest absolute Gasteiger partial charge is 0.326 e. The van der Waals surface area contributed by atoms with Gasteiger partial charge in [-0.1, -0.05) is 0 Å². The number of halogens is 1. The van der Waals surface area contributed by atoms with E-state index in [1.165, 1.54) is 41.3 Å². The molecule has 2 N–H and O–H groups in total. The number of likely N-dealkylation sites (tertiary alicyclic amines) is 1. The summed E-state index contributed by atoms with van der Waals surface area (Å²) >= 11 is 0. The summed E-state index contributed by atoms with van der Waals surface area (Å²) < 4.78 is 18.5. The fraction of sp³-hybridized carbons (Fsp3) is 0.250. The van der Waals surface area contributed by atoms with Crippen LogP contribution in [0.25, 0.3) is 0 Å². The Balaban J connectivity index is 1.53. The zero-order valence-corrected chi connectivity index (χ0v) is 14.9. The average Bonchev–Trinajstić information content (AvgIpc) is 3.18. The molecule has 0 aliphatic carbocycles. The lowest BCUT2D eigenvalue weighted by Gasteiger charge is -2.21. The van der Waals surface area contributed by atoms with Crippen molar-refractivity contribution in [2.75, 3.05) is 13.1 Å². The molecule has 2 aromatic carbocycles. The molecule has 1 fully saturated rings. The van der Waals surface area contributed by atoms with Crippen LogP contribution in [0, 0.1) is 5.82 Å². The van der Waals surface area contributed by atoms with Crippen LogP contribution >= 0.6 is 0 Å². The van der Waals surface area contributed by atoms with E-state index in [1.807, 2.05) is 0 Å². The van der Waals surface area contributed by atoms with E-state index in [9.17, 15) is 18.8 Å². The summed E-state index contributed by atoms with van der Waals surface area (Å²) in [6.45, 7) is 0.109. The van der Waals surface area contributed by atoms with Crippen LogP contribution in [0.3, 0.4) is 0 Å². The number of aliphatic carboxylic acids is 1. The molecule has 1 atom stereocenters. The lowest BCUT2D eigenvalue weighted by molar-refractivity contribution is -0.147. The Labute approximate surface area is 160 Å². The van der Waals surface area contributed by atoms with Crippen molar-refractivity contribution in [1.29, 1.82) is 0 Å². The number of carbonyl (C=O) groups is 3. The molecule has 2 amide bonds. The monoisotopic (exact) mass is 386 g/mol. The fourth-order valence-corrected chi connectivity index (χ4v) is 2.99. The highest BCUT2D eigenvalue weighted by molar-refractivity contribution is 5.97. The van der Waals surface area contributed by atoms with Crippen molar-refractivity contribution in [3.63, 3.8) is 0 Å². The highest BCUT2D eigenvalue weighted by Gasteiger charge is 2.33. The third kappa shape index (κ3) is 4.64. The van der Waals surface area contributed by atoms with E-state index >= 15 is 0 Å². The number of nitrogens with zero attached hydrogens (tertiary/aromatic N) is 1. The van der Waals surface area contributed by atoms with E-state index in [-0.39, 0.29) is 12.4 Å². The Bertz CT molecular complexity index is 867. The van der Waals surface area contributed by atoms with Gasteiger partial charge in [0, 0.05) is 12.1 Å². The second kappa shape index (κ2) is 8.51. The van der Waals surface area contributed by atoms with Gasteiger partial charge in [-0.25, -0.2) is 9.18 Å². The number of carbonyl (C=O) groups excluding carboxylic acids is 2. The minimum absolute atomic E-state index is 0.267. The van der Waals surface area contributed by atoms with Gasteiger partial charge >= 0.3 is 5.97 Å². The van der Waals surface area contributed by atoms with E-state index in [1.54, 1.807) is 12.1 Å². The van der Waals surface area contributed by atoms with Crippen LogP contribution in [0.15, 0.2) is 48.5 Å². The maximum Gasteiger partial charge on any atom is 0.326 e. The first-order chi connectivity index (χ1) is 13.4. The topological polar surface area (TPSA) is 95.9 Å². The molecule has 0 bridgehead atoms. The van der Waals surface area contributed by atoms with E-state index in [4.69, 9.17) is 9.84 Å². The summed E-state index contributed by atoms with van der Waals surface area (Å²) in [4.78, 5) is 36.8. The van der Waals surface area contributed by atoms with Crippen LogP contribution in [-0.2, 0) is 9.59 Å². The predicted molar refractivity (Wildman–Crippen MR) is 97.6 cm³/mol. The Hall–Kier alpha value is -3.42. The average molecular weight is 386 g/mol. The molecule has 0 aromatic heterocycles. The lowest BCUT2D eigenvalue weighted by atomic mass is 10.2. The fourth-order valence-electron chi connectivity index (χ4n) is 2.99. The summed E-state index contributed by atoms with van der Waals surface area (Å²) in [5.74, 6) is -1.34. The Morgan fingerprint density at radius 3 is 2.29 bits per heavy atom. The molecule has 1 unspecified atom stereocenters. The van der Waals surface area contributed by atoms with Gasteiger partial charge in [-0.3, -0.25) is 9.59 Å². The van der Waals surface area contributed by atoms with Crippen molar-refractivity contribution in [3.8, 4) is 11.5 Å². The summed E-state index contributed by atoms with van der Waals surface area (Å²) in [5.41, 5.74) is 0.329. The molecule has 0 radical (unpaired) electrons. The van der Waals surface area contributed by atoms with Gasteiger partial charge < -0.3 is 20.1 Å². The lowest BCUT2D eigenvalue weighted by Crippen LogP contribution is -2.45. The van der Waals surface area contributed by atoms with Crippen molar-refractivity contribution in [2.45, 2.75) is 18.9 Å². The Morgan fingerprint density at radius 2 is 1.68 bits per heavy atom. The van der Waals surface area contributed by atoms with Crippen LogP contribution in [0.1, 0.15) is 23.2 Å². The molecule has 7 nitrogen and oxygen atoms in total. The maximum atomic E-state index is 12.9. The molecule has 2 aromatic rings. The second-order valence-corrected chi connectivity index (χ2v) is 6.35. The van der Waals surface area contributed by atoms with Gasteiger partial charge in [-0.2, -0.15) is 0 Å². The van der Waals surface area contributed by atoms with E-state index in [2.05, 4.69) is 5.32 Å². The number of hydrogen-bond acceptors (Lipinski definition) is 4. The molecule has 28 heavy (non-hydrogen) atoms. The number of hydrogen-bond donors (Lipinski definition) is 2. The zero-order chi connectivity index (χ0) is 20.1. The number of benzene rings is 2. The van der Waals surface area contributed by atoms with Gasteiger partial charge in [-0.15, -0.1) is 0 Å². The van der Waals surface area contributed by atoms with Gasteiger partial charge in [0.1, 0.15) is 23.4 Å². The normalized spacial score (nSPS) is 15.9. The van der Waals surface area contributed by atoms with Crippen molar-refractivity contribution < 1.29 is 28.6 Å². The van der Waals surface area contributed by atoms with Gasteiger partial charge in [0.15, 0.2) is 0 Å². The largest absolute Gasteiger partial charge is 0.480 e. The molecule has 1 saturated heterocycles. The summed E-state index contributed by atoms with van der Waals surface area (Å²) in [7, 11) is 0. The van der Waals surface area contributed by atoms with Crippen LogP contribution in [-0.4, -0.2) is 46.9 Å². The first-order valence-corrected chi connectivity index (χ1v) is 8.78. The minimum Gasteiger partial charge on any atom is -0.480 e. The minimum atomic E-state index is -1.03. The summed E-state index contributed by atoms with van der Waals surface area (Å²) in [5, 5.41) is 11.6. The predicted octanol–water partition coefficient (Wildman–Crippen LogP) is 2.42. The SMILES string of the molecule is O=C(NCC(=O)N1CCCC1C(=O)O)c1ccc(Oc2ccc(F)cc2)cc1. The maximum absolute atomic E-state index is 12.9. The summed E-state index contributed by atoms with van der Waals surface area (Å²) in [6, 6.07) is 11.0. The molecule has 1 aliphatic rings. The molecule has 1 heterocycles. The van der Waals surface area contributed by atoms with E-state index in [0.29, 0.717) is 36.4 Å². The number of amides is 2. The molecule has 8 heteroatoms. The summed E-state index contributed by atoms with van der Waals surface area (Å²) in [6.07, 6.45) is 1.05. The molecular weight excluding hydrogens is 367 g/mol. The Kier molecular flexibility index (Phi) is 5.88. The number of carboxylic acid groups (broad SMARTS) is 1. The highest BCUT2D eigenvalue weighted by atomic mass is 19.1. The standard InChI is InChI=1S/C20H19FN2O5/c21-14-5-9-16(10-6-14)28-15-7-3-13(4-8-15)19(25)22-12-18(24)23-11-1-2-17(23)20(26)27/h3-10,17H,1-2,11-12H2,(H,22,25)(H,26,27). The van der Waals surface area contributed by atoms with E-state index in [0.717, 1.165) is 0 Å². The number of ether oxygens (including phenoxy) is 1. The quantitative estimate of drug-likeness (QED) is 0.795. The van der Waals surface area contributed by atoms with Crippen LogP contribution in [0.5, 0.6) is 11.5 Å². The molecule has 0 saturated carbocycles. The van der Waals surface area contributed by atoms with E-state index < -0.39 is 23.8 Å². The van der Waals surface area contributed by atoms with Crippen molar-refractivity contribution in [2.24, 2.45) is 0 Å². The molecule has 146 valence electrons. The number of rotatable bonds is 6. The van der Waals surface area contributed by atoms with Gasteiger partial charge in [0.2, 0.25) is 5.91 Å². The number of carboxylic acids is 1. The molecule has 3 rings (SSSR count). The van der Waals surface area contributed by atoms with Crippen molar-refractivity contribution in [3.05, 3.63) is 59.9 Å². The third-order valence-electron chi connectivity index (χ3n) is 4.42. The highest BCUT2D eigenvalue weighted by Crippen LogP contribution is 2.22. The van der Waals surface area contributed by atoms with Crippen LogP contribution in [0.2, 0.25) is 0 Å². The Morgan fingerprint density at radius 1 is 1.07 bits per heavy atom. The van der Waals surface area contributed by atoms with Gasteiger partial charge in [-0.05, 0) is 61.4 Å². The van der Waals surface area contributed by atoms with Crippen LogP contribution < -0.4 is 10.1 Å². The molecular formula is C20H19FN2O5. The van der Waals surface area contributed by atoms with Gasteiger partial charge in [0.05, 0.1) is 6.54 Å².